The van der Waals surface area contributed by atoms with Gasteiger partial charge in [0.15, 0.2) is 18.4 Å². The Kier molecular flexibility index (Phi) is 11.5. The van der Waals surface area contributed by atoms with Crippen molar-refractivity contribution in [3.8, 4) is 6.07 Å². The van der Waals surface area contributed by atoms with Crippen molar-refractivity contribution in [3.63, 3.8) is 0 Å². The van der Waals surface area contributed by atoms with Crippen LogP contribution in [0.25, 0.3) is 0 Å². The van der Waals surface area contributed by atoms with Gasteiger partial charge < -0.3 is 9.94 Å². The van der Waals surface area contributed by atoms with Crippen molar-refractivity contribution in [3.05, 3.63) is 98.8 Å². The maximum Gasteiger partial charge on any atom is 0.286 e. The molecule has 0 saturated carbocycles. The molecule has 4 rings (SSSR count). The lowest BCUT2D eigenvalue weighted by atomic mass is 9.85. The average Bonchev–Trinajstić information content (AvgIpc) is 3.06. The quantitative estimate of drug-likeness (QED) is 0.119. The zero-order chi connectivity index (χ0) is 32.3. The number of amidine groups is 1. The number of fused-ring (bicyclic) bond motifs is 1. The van der Waals surface area contributed by atoms with Gasteiger partial charge in [-0.1, -0.05) is 28.6 Å². The molecule has 4 unspecified atom stereocenters. The van der Waals surface area contributed by atoms with E-state index >= 15 is 0 Å². The highest BCUT2D eigenvalue weighted by atomic mass is 19.1. The molecule has 0 radical (unpaired) electrons. The number of carbonyl (C=O) groups is 1. The molecule has 0 spiro atoms. The maximum absolute atomic E-state index is 13.7. The van der Waals surface area contributed by atoms with Crippen LogP contribution in [0.5, 0.6) is 0 Å². The Hall–Kier alpha value is -4.89. The first kappa shape index (κ1) is 33.0. The number of nitroso groups, excluding NO2 is 2. The second-order valence-electron chi connectivity index (χ2n) is 11.0. The molecule has 0 saturated heterocycles. The number of oxime groups is 1. The third-order valence-corrected chi connectivity index (χ3v) is 7.90. The van der Waals surface area contributed by atoms with Crippen LogP contribution in [0.15, 0.2) is 104 Å². The summed E-state index contributed by atoms with van der Waals surface area (Å²) in [6, 6.07) is 7.08. The average molecular weight is 615 g/mol. The summed E-state index contributed by atoms with van der Waals surface area (Å²) in [4.78, 5) is 45.8. The number of aliphatic hydroxyl groups is 1. The number of nitrogens with zero attached hydrogens (tertiary/aromatic N) is 6. The number of aliphatic hydroxyl groups excluding tert-OH is 1. The molecule has 11 nitrogen and oxygen atoms in total. The number of rotatable bonds is 12. The first-order valence-corrected chi connectivity index (χ1v) is 14.8. The Labute approximate surface area is 260 Å². The predicted molar refractivity (Wildman–Crippen MR) is 169 cm³/mol. The van der Waals surface area contributed by atoms with Crippen molar-refractivity contribution in [1.82, 2.24) is 0 Å². The number of unbranched alkanes of at least 4 members (excludes halogenated alkanes) is 1. The van der Waals surface area contributed by atoms with Crippen LogP contribution in [0.3, 0.4) is 0 Å². The van der Waals surface area contributed by atoms with Crippen LogP contribution >= 0.6 is 0 Å². The van der Waals surface area contributed by atoms with Gasteiger partial charge >= 0.3 is 0 Å². The lowest BCUT2D eigenvalue weighted by molar-refractivity contribution is -0.118. The Balaban J connectivity index is 1.53. The molecule has 45 heavy (non-hydrogen) atoms. The van der Waals surface area contributed by atoms with E-state index in [2.05, 4.69) is 21.6 Å². The molecule has 4 atom stereocenters. The number of halogens is 1. The molecule has 234 valence electrons. The Bertz CT molecular complexity index is 1550. The van der Waals surface area contributed by atoms with Crippen LogP contribution in [0, 0.1) is 32.9 Å². The number of hydrogen-bond donors (Lipinski definition) is 1. The van der Waals surface area contributed by atoms with Gasteiger partial charge in [-0.3, -0.25) is 9.69 Å². The van der Waals surface area contributed by atoms with Gasteiger partial charge in [0.05, 0.1) is 23.1 Å². The largest absolute Gasteiger partial charge is 0.390 e. The van der Waals surface area contributed by atoms with Gasteiger partial charge in [0.2, 0.25) is 0 Å². The van der Waals surface area contributed by atoms with Gasteiger partial charge in [-0.2, -0.15) is 10.2 Å². The van der Waals surface area contributed by atoms with Crippen molar-refractivity contribution in [2.75, 3.05) is 4.90 Å². The molecule has 1 amide bonds. The van der Waals surface area contributed by atoms with E-state index in [0.29, 0.717) is 72.5 Å². The Morgan fingerprint density at radius 1 is 1.27 bits per heavy atom. The van der Waals surface area contributed by atoms with Crippen LogP contribution in [0.4, 0.5) is 10.1 Å². The molecule has 0 aromatic heterocycles. The van der Waals surface area contributed by atoms with Crippen molar-refractivity contribution >= 4 is 23.1 Å². The maximum atomic E-state index is 13.7. The number of benzene rings is 1. The van der Waals surface area contributed by atoms with Crippen molar-refractivity contribution in [2.24, 2.45) is 26.4 Å². The summed E-state index contributed by atoms with van der Waals surface area (Å²) in [5.41, 5.74) is 3.67. The number of nitriles is 1. The molecule has 1 aromatic rings. The van der Waals surface area contributed by atoms with Gasteiger partial charge in [0.1, 0.15) is 11.7 Å². The standard InChI is InChI=1S/C33H35FN6O5/c1-3-6-22(20-35)10-9-21(2)32(38-44)29-18-17-27(39-45-29)23-11-16-26-28(19-23)36-30(7-4-5-8-31(41)37-43)40(33(26)42)25-14-12-24(34)13-15-25/h3,6,9-10,12-16,19,23,29,32-33,42H,4-5,7-8,11,17-18H2,1-2H3/b6-3-,21-9+,22-10+. The summed E-state index contributed by atoms with van der Waals surface area (Å²) in [5.74, 6) is -0.724. The summed E-state index contributed by atoms with van der Waals surface area (Å²) >= 11 is 0. The highest BCUT2D eigenvalue weighted by Gasteiger charge is 2.36. The van der Waals surface area contributed by atoms with E-state index in [0.717, 1.165) is 5.71 Å². The highest BCUT2D eigenvalue weighted by Crippen LogP contribution is 2.37. The Morgan fingerprint density at radius 3 is 2.69 bits per heavy atom. The predicted octanol–water partition coefficient (Wildman–Crippen LogP) is 6.69. The van der Waals surface area contributed by atoms with E-state index in [-0.39, 0.29) is 12.3 Å². The number of amides is 1. The molecule has 0 fully saturated rings. The molecular formula is C33H35FN6O5. The zero-order valence-corrected chi connectivity index (χ0v) is 25.2. The van der Waals surface area contributed by atoms with Crippen LogP contribution in [0.2, 0.25) is 0 Å². The van der Waals surface area contributed by atoms with Gasteiger partial charge in [0, 0.05) is 35.2 Å². The van der Waals surface area contributed by atoms with Gasteiger partial charge in [-0.25, -0.2) is 9.38 Å². The van der Waals surface area contributed by atoms with Gasteiger partial charge in [-0.15, -0.1) is 4.91 Å². The molecule has 3 aliphatic rings. The zero-order valence-electron chi connectivity index (χ0n) is 25.2. The third kappa shape index (κ3) is 8.19. The second kappa shape index (κ2) is 15.7. The van der Waals surface area contributed by atoms with Crippen molar-refractivity contribution < 1.29 is 19.1 Å². The molecule has 1 N–H and O–H groups in total. The summed E-state index contributed by atoms with van der Waals surface area (Å²) in [6.45, 7) is 3.58. The van der Waals surface area contributed by atoms with E-state index < -0.39 is 30.1 Å². The van der Waals surface area contributed by atoms with E-state index in [1.165, 1.54) is 12.1 Å². The van der Waals surface area contributed by atoms with E-state index in [4.69, 9.17) is 9.83 Å². The van der Waals surface area contributed by atoms with E-state index in [9.17, 15) is 29.4 Å². The summed E-state index contributed by atoms with van der Waals surface area (Å²) in [5, 5.41) is 30.7. The van der Waals surface area contributed by atoms with E-state index in [1.807, 2.05) is 19.1 Å². The van der Waals surface area contributed by atoms with Gasteiger partial charge in [-0.05, 0) is 94.0 Å². The first-order chi connectivity index (χ1) is 21.8. The lowest BCUT2D eigenvalue weighted by Gasteiger charge is -2.38. The highest BCUT2D eigenvalue weighted by molar-refractivity contribution is 6.01. The first-order valence-electron chi connectivity index (χ1n) is 14.8. The van der Waals surface area contributed by atoms with Crippen LogP contribution < -0.4 is 4.90 Å². The third-order valence-electron chi connectivity index (χ3n) is 7.90. The van der Waals surface area contributed by atoms with Crippen LogP contribution in [-0.2, 0) is 9.63 Å². The molecule has 0 bridgehead atoms. The normalized spacial score (nSPS) is 22.6. The molecule has 1 aromatic carbocycles. The number of anilines is 1. The van der Waals surface area contributed by atoms with Crippen LogP contribution in [0.1, 0.15) is 58.8 Å². The summed E-state index contributed by atoms with van der Waals surface area (Å²) in [7, 11) is 0. The topological polar surface area (TPSA) is 157 Å². The fourth-order valence-electron chi connectivity index (χ4n) is 5.50. The molecule has 12 heteroatoms. The SMILES string of the molecule is C\C=C/C(C#N)=C\C=C(/C)C(N=O)C1CCC(C2C=C3N=C(CCCCC(=O)N=O)N(c4ccc(F)cc4)C(O)C3=CC2)=NO1. The smallest absolute Gasteiger partial charge is 0.286 e. The molecule has 2 aliphatic heterocycles. The number of carbonyl (C=O) groups excluding carboxylic acids is 1. The van der Waals surface area contributed by atoms with Crippen LogP contribution in [-0.4, -0.2) is 40.9 Å². The van der Waals surface area contributed by atoms with Crippen molar-refractivity contribution in [2.45, 2.75) is 77.2 Å². The lowest BCUT2D eigenvalue weighted by Crippen LogP contribution is -2.45. The Morgan fingerprint density at radius 2 is 2.04 bits per heavy atom. The molecule has 2 heterocycles. The fraction of sp³-hybridized carbons (Fsp3) is 0.394. The minimum Gasteiger partial charge on any atom is -0.390 e. The summed E-state index contributed by atoms with van der Waals surface area (Å²) < 4.78 is 13.7. The summed E-state index contributed by atoms with van der Waals surface area (Å²) in [6.07, 6.45) is 12.0. The van der Waals surface area contributed by atoms with E-state index in [1.54, 1.807) is 48.3 Å². The fourth-order valence-corrected chi connectivity index (χ4v) is 5.50. The number of aliphatic imine (C=N–C) groups is 1. The number of hydrogen-bond acceptors (Lipinski definition) is 10. The van der Waals surface area contributed by atoms with Gasteiger partial charge in [0.25, 0.3) is 5.91 Å². The minimum absolute atomic E-state index is 0.0240. The molecule has 1 aliphatic carbocycles. The number of allylic oxidation sites excluding steroid dienone is 7. The molecular weight excluding hydrogens is 579 g/mol. The monoisotopic (exact) mass is 614 g/mol. The van der Waals surface area contributed by atoms with Crippen molar-refractivity contribution in [1.29, 1.82) is 5.26 Å². The minimum atomic E-state index is -1.07. The second-order valence-corrected chi connectivity index (χ2v) is 11.0.